The standard InChI is InChI=1S/C29H33F3NO2/c1-6-8-18(3)22-14-23-19(11-20(22)16-30)12-25(26-17-34-27(31)15-28(32)35-26)33-10-9-21(13-24(23)33)29(4,5)7-2/h6,8-11,13-14,27-28H,3,7,12,15-17H2,1-2,4-5H3/q+1/b8-6-,26-25+. The van der Waals surface area contributed by atoms with Crippen molar-refractivity contribution in [3.63, 3.8) is 0 Å². The van der Waals surface area contributed by atoms with Gasteiger partial charge in [-0.05, 0) is 52.7 Å². The molecule has 186 valence electrons. The van der Waals surface area contributed by atoms with E-state index in [1.807, 2.05) is 42.0 Å². The molecule has 0 amide bonds. The maximum absolute atomic E-state index is 14.3. The van der Waals surface area contributed by atoms with E-state index in [0.29, 0.717) is 17.7 Å². The minimum atomic E-state index is -1.80. The first kappa shape index (κ1) is 25.2. The Balaban J connectivity index is 1.97. The molecule has 2 aliphatic heterocycles. The van der Waals surface area contributed by atoms with Gasteiger partial charge in [-0.1, -0.05) is 45.6 Å². The van der Waals surface area contributed by atoms with Crippen LogP contribution in [-0.4, -0.2) is 19.3 Å². The Hall–Kier alpha value is -2.86. The molecule has 2 aromatic rings. The number of nitrogens with zero attached hydrogens (tertiary/aromatic N) is 1. The summed E-state index contributed by atoms with van der Waals surface area (Å²) in [5.74, 6) is 0.251. The number of ether oxygens (including phenoxy) is 2. The second kappa shape index (κ2) is 10.0. The molecule has 4 rings (SSSR count). The lowest BCUT2D eigenvalue weighted by molar-refractivity contribution is -0.574. The number of aromatic nitrogens is 1. The van der Waals surface area contributed by atoms with Crippen molar-refractivity contribution in [3.8, 4) is 11.3 Å². The van der Waals surface area contributed by atoms with Crippen molar-refractivity contribution in [2.75, 3.05) is 6.61 Å². The lowest BCUT2D eigenvalue weighted by Gasteiger charge is -2.26. The molecule has 0 bridgehead atoms. The molecule has 1 aromatic heterocycles. The van der Waals surface area contributed by atoms with E-state index in [9.17, 15) is 13.2 Å². The van der Waals surface area contributed by atoms with E-state index in [4.69, 9.17) is 9.47 Å². The first-order valence-electron chi connectivity index (χ1n) is 12.1. The van der Waals surface area contributed by atoms with Crippen molar-refractivity contribution in [2.24, 2.45) is 0 Å². The Kier molecular flexibility index (Phi) is 7.22. The van der Waals surface area contributed by atoms with Crippen LogP contribution in [0.25, 0.3) is 22.5 Å². The summed E-state index contributed by atoms with van der Waals surface area (Å²) in [4.78, 5) is 0. The number of halogens is 3. The van der Waals surface area contributed by atoms with Crippen molar-refractivity contribution >= 4 is 11.3 Å². The van der Waals surface area contributed by atoms with Crippen LogP contribution in [0.1, 0.15) is 62.8 Å². The quantitative estimate of drug-likeness (QED) is 0.332. The fraction of sp³-hybridized carbons (Fsp3) is 0.414. The minimum Gasteiger partial charge on any atom is -0.455 e. The summed E-state index contributed by atoms with van der Waals surface area (Å²) in [6, 6.07) is 8.02. The van der Waals surface area contributed by atoms with Crippen molar-refractivity contribution in [2.45, 2.75) is 71.8 Å². The van der Waals surface area contributed by atoms with Crippen molar-refractivity contribution in [1.29, 1.82) is 0 Å². The van der Waals surface area contributed by atoms with Gasteiger partial charge >= 0.3 is 0 Å². The number of fused-ring (bicyclic) bond motifs is 3. The monoisotopic (exact) mass is 484 g/mol. The molecule has 0 spiro atoms. The molecule has 2 unspecified atom stereocenters. The zero-order valence-corrected chi connectivity index (χ0v) is 20.8. The van der Waals surface area contributed by atoms with Crippen LogP contribution in [-0.2, 0) is 28.0 Å². The molecule has 0 saturated carbocycles. The summed E-state index contributed by atoms with van der Waals surface area (Å²) in [6.07, 6.45) is 3.01. The van der Waals surface area contributed by atoms with Crippen LogP contribution in [0.4, 0.5) is 13.2 Å². The number of allylic oxidation sites excluding steroid dienone is 4. The Morgan fingerprint density at radius 2 is 2.00 bits per heavy atom. The SMILES string of the molecule is C=C(/C=C\C)c1cc2c(cc1CF)C/C(=C1/COC(F)CC(F)O1)[n+]1ccc(C(C)(C)CC)cc1-2. The molecule has 1 aromatic carbocycles. The molecule has 3 heterocycles. The average molecular weight is 485 g/mol. The van der Waals surface area contributed by atoms with Crippen LogP contribution in [0.2, 0.25) is 0 Å². The van der Waals surface area contributed by atoms with Gasteiger partial charge in [0.15, 0.2) is 12.0 Å². The normalized spacial score (nSPS) is 22.4. The second-order valence-electron chi connectivity index (χ2n) is 9.76. The molecule has 0 radical (unpaired) electrons. The van der Waals surface area contributed by atoms with Crippen LogP contribution in [0.5, 0.6) is 0 Å². The Morgan fingerprint density at radius 1 is 1.23 bits per heavy atom. The van der Waals surface area contributed by atoms with E-state index in [1.165, 1.54) is 0 Å². The van der Waals surface area contributed by atoms with E-state index in [2.05, 4.69) is 39.5 Å². The van der Waals surface area contributed by atoms with E-state index in [1.54, 1.807) is 0 Å². The summed E-state index contributed by atoms with van der Waals surface area (Å²) in [5, 5.41) is 0. The minimum absolute atomic E-state index is 0.0653. The highest BCUT2D eigenvalue weighted by Crippen LogP contribution is 2.38. The topological polar surface area (TPSA) is 22.3 Å². The first-order chi connectivity index (χ1) is 16.7. The summed E-state index contributed by atoms with van der Waals surface area (Å²) >= 11 is 0. The lowest BCUT2D eigenvalue weighted by atomic mass is 9.81. The number of pyridine rings is 1. The van der Waals surface area contributed by atoms with Crippen LogP contribution in [0, 0.1) is 0 Å². The van der Waals surface area contributed by atoms with E-state index < -0.39 is 25.8 Å². The summed E-state index contributed by atoms with van der Waals surface area (Å²) in [6.45, 7) is 11.7. The highest BCUT2D eigenvalue weighted by molar-refractivity contribution is 5.80. The van der Waals surface area contributed by atoms with Crippen molar-refractivity contribution in [1.82, 2.24) is 0 Å². The van der Waals surface area contributed by atoms with E-state index >= 15 is 0 Å². The Labute approximate surface area is 205 Å². The fourth-order valence-electron chi connectivity index (χ4n) is 4.61. The van der Waals surface area contributed by atoms with Gasteiger partial charge in [-0.3, -0.25) is 0 Å². The van der Waals surface area contributed by atoms with Gasteiger partial charge in [0.05, 0.1) is 18.4 Å². The van der Waals surface area contributed by atoms with Gasteiger partial charge in [-0.25, -0.2) is 13.2 Å². The molecule has 6 heteroatoms. The molecular formula is C29H33F3NO2+. The number of alkyl halides is 3. The van der Waals surface area contributed by atoms with Crippen LogP contribution >= 0.6 is 0 Å². The maximum Gasteiger partial charge on any atom is 0.243 e. The third-order valence-corrected chi connectivity index (χ3v) is 7.09. The highest BCUT2D eigenvalue weighted by Gasteiger charge is 2.36. The van der Waals surface area contributed by atoms with Crippen molar-refractivity contribution < 1.29 is 27.2 Å². The summed E-state index contributed by atoms with van der Waals surface area (Å²) < 4.78 is 54.9. The van der Waals surface area contributed by atoms with E-state index in [0.717, 1.165) is 39.9 Å². The molecule has 35 heavy (non-hydrogen) atoms. The molecule has 1 fully saturated rings. The van der Waals surface area contributed by atoms with Crippen LogP contribution in [0.3, 0.4) is 0 Å². The highest BCUT2D eigenvalue weighted by atomic mass is 19.2. The van der Waals surface area contributed by atoms with Crippen LogP contribution < -0.4 is 4.57 Å². The lowest BCUT2D eigenvalue weighted by Crippen LogP contribution is -2.41. The van der Waals surface area contributed by atoms with Gasteiger partial charge in [0.1, 0.15) is 13.3 Å². The third kappa shape index (κ3) is 4.94. The zero-order chi connectivity index (χ0) is 25.3. The number of hydrogen-bond donors (Lipinski definition) is 0. The van der Waals surface area contributed by atoms with Gasteiger partial charge in [-0.15, -0.1) is 0 Å². The molecule has 2 aliphatic rings. The molecule has 3 nitrogen and oxygen atoms in total. The first-order valence-corrected chi connectivity index (χ1v) is 12.1. The molecule has 0 N–H and O–H groups in total. The smallest absolute Gasteiger partial charge is 0.243 e. The van der Waals surface area contributed by atoms with Crippen molar-refractivity contribution in [3.05, 3.63) is 77.2 Å². The number of hydrogen-bond acceptors (Lipinski definition) is 2. The maximum atomic E-state index is 14.3. The third-order valence-electron chi connectivity index (χ3n) is 7.09. The molecule has 1 saturated heterocycles. The van der Waals surface area contributed by atoms with Gasteiger partial charge in [-0.2, -0.15) is 4.57 Å². The summed E-state index contributed by atoms with van der Waals surface area (Å²) in [5.41, 5.74) is 6.51. The van der Waals surface area contributed by atoms with Gasteiger partial charge in [0.2, 0.25) is 24.1 Å². The zero-order valence-electron chi connectivity index (χ0n) is 20.8. The van der Waals surface area contributed by atoms with Gasteiger partial charge in [0, 0.05) is 12.1 Å². The average Bonchev–Trinajstić information content (AvgIpc) is 3.01. The largest absolute Gasteiger partial charge is 0.455 e. The molecule has 2 atom stereocenters. The molecular weight excluding hydrogens is 451 g/mol. The van der Waals surface area contributed by atoms with Crippen LogP contribution in [0.15, 0.2) is 55.0 Å². The predicted molar refractivity (Wildman–Crippen MR) is 132 cm³/mol. The summed E-state index contributed by atoms with van der Waals surface area (Å²) in [7, 11) is 0. The van der Waals surface area contributed by atoms with E-state index in [-0.39, 0.29) is 17.8 Å². The van der Waals surface area contributed by atoms with Gasteiger partial charge in [0.25, 0.3) is 0 Å². The molecule has 0 aliphatic carbocycles. The Bertz CT molecular complexity index is 1200. The second-order valence-corrected chi connectivity index (χ2v) is 9.76. The number of benzene rings is 1. The number of rotatable bonds is 5. The predicted octanol–water partition coefficient (Wildman–Crippen LogP) is 7.14. The Morgan fingerprint density at radius 3 is 2.69 bits per heavy atom. The van der Waals surface area contributed by atoms with Gasteiger partial charge < -0.3 is 9.47 Å². The fourth-order valence-corrected chi connectivity index (χ4v) is 4.61.